The quantitative estimate of drug-likeness (QED) is 0.596. The maximum atomic E-state index is 13.2. The number of carbonyl (C=O) groups excluding carboxylic acids is 1. The van der Waals surface area contributed by atoms with E-state index in [0.29, 0.717) is 37.4 Å². The van der Waals surface area contributed by atoms with Gasteiger partial charge in [0, 0.05) is 43.9 Å². The van der Waals surface area contributed by atoms with Crippen molar-refractivity contribution >= 4 is 16.0 Å². The van der Waals surface area contributed by atoms with Crippen LogP contribution < -0.4 is 0 Å². The van der Waals surface area contributed by atoms with Crippen molar-refractivity contribution in [1.29, 1.82) is 0 Å². The monoisotopic (exact) mass is 448 g/mol. The van der Waals surface area contributed by atoms with Gasteiger partial charge in [0.2, 0.25) is 10.0 Å². The summed E-state index contributed by atoms with van der Waals surface area (Å²) in [5.74, 6) is -0.330. The van der Waals surface area contributed by atoms with Gasteiger partial charge in [-0.05, 0) is 56.4 Å². The van der Waals surface area contributed by atoms with E-state index in [1.54, 1.807) is 23.4 Å². The average molecular weight is 449 g/mol. The summed E-state index contributed by atoms with van der Waals surface area (Å²) in [6, 6.07) is 7.15. The third-order valence-corrected chi connectivity index (χ3v) is 8.02. The molecule has 31 heavy (non-hydrogen) atoms. The largest absolute Gasteiger partial charge is 0.465 e. The van der Waals surface area contributed by atoms with Gasteiger partial charge in [-0.1, -0.05) is 18.2 Å². The van der Waals surface area contributed by atoms with Crippen LogP contribution in [0.5, 0.6) is 0 Å². The molecule has 1 aromatic carbocycles. The zero-order valence-corrected chi connectivity index (χ0v) is 19.4. The van der Waals surface area contributed by atoms with E-state index in [9.17, 15) is 18.3 Å². The summed E-state index contributed by atoms with van der Waals surface area (Å²) in [4.78, 5) is 12.5. The lowest BCUT2D eigenvalue weighted by atomic mass is 10.0. The van der Waals surface area contributed by atoms with Gasteiger partial charge in [0.05, 0.1) is 11.5 Å². The molecule has 0 aliphatic carbocycles. The molecule has 0 atom stereocenters. The van der Waals surface area contributed by atoms with Crippen molar-refractivity contribution in [2.24, 2.45) is 0 Å². The van der Waals surface area contributed by atoms with Gasteiger partial charge >= 0.3 is 5.97 Å². The number of esters is 1. The minimum Gasteiger partial charge on any atom is -0.465 e. The number of hydrogen-bond acceptors (Lipinski definition) is 5. The number of benzene rings is 1. The molecule has 1 saturated heterocycles. The summed E-state index contributed by atoms with van der Waals surface area (Å²) in [7, 11) is -3.54. The van der Waals surface area contributed by atoms with Crippen LogP contribution in [0, 0.1) is 13.8 Å². The minimum atomic E-state index is -3.54. The Labute approximate surface area is 184 Å². The molecule has 3 rings (SSSR count). The Bertz CT molecular complexity index is 1040. The number of aliphatic hydroxyl groups is 1. The predicted molar refractivity (Wildman–Crippen MR) is 119 cm³/mol. The van der Waals surface area contributed by atoms with Crippen LogP contribution in [0.25, 0.3) is 0 Å². The fourth-order valence-electron chi connectivity index (χ4n) is 4.41. The topological polar surface area (TPSA) is 88.8 Å². The summed E-state index contributed by atoms with van der Waals surface area (Å²) in [5.41, 5.74) is 4.47. The summed E-state index contributed by atoms with van der Waals surface area (Å²) in [5, 5.41) is 9.55. The minimum absolute atomic E-state index is 0.0352. The van der Waals surface area contributed by atoms with Crippen LogP contribution in [0.3, 0.4) is 0 Å². The Hall–Kier alpha value is -2.16. The van der Waals surface area contributed by atoms with E-state index in [2.05, 4.69) is 0 Å². The first kappa shape index (κ1) is 23.5. The van der Waals surface area contributed by atoms with Crippen molar-refractivity contribution in [2.45, 2.75) is 57.9 Å². The number of aromatic nitrogens is 1. The van der Waals surface area contributed by atoms with Crippen molar-refractivity contribution in [3.63, 3.8) is 0 Å². The van der Waals surface area contributed by atoms with Crippen molar-refractivity contribution in [3.05, 3.63) is 52.3 Å². The standard InChI is InChI=1S/C23H32N2O5S/c1-4-30-23(27)16-25-18(3)20(17(2)21(25)11-14-26)15-19-9-5-6-10-22(19)31(28,29)24-12-7-8-13-24/h5-6,9-10,26H,4,7-8,11-16H2,1-3H3. The van der Waals surface area contributed by atoms with Crippen LogP contribution in [0.4, 0.5) is 0 Å². The molecule has 8 heteroatoms. The maximum absolute atomic E-state index is 13.2. The number of sulfonamides is 1. The lowest BCUT2D eigenvalue weighted by Gasteiger charge is -2.18. The Morgan fingerprint density at radius 2 is 1.84 bits per heavy atom. The Balaban J connectivity index is 2.01. The lowest BCUT2D eigenvalue weighted by Crippen LogP contribution is -2.28. The van der Waals surface area contributed by atoms with Crippen molar-refractivity contribution < 1.29 is 23.1 Å². The third-order valence-electron chi connectivity index (χ3n) is 6.02. The molecule has 0 saturated carbocycles. The van der Waals surface area contributed by atoms with Gasteiger partial charge in [-0.3, -0.25) is 4.79 Å². The van der Waals surface area contributed by atoms with Crippen molar-refractivity contribution in [3.8, 4) is 0 Å². The number of hydrogen-bond donors (Lipinski definition) is 1. The zero-order chi connectivity index (χ0) is 22.6. The van der Waals surface area contributed by atoms with E-state index in [0.717, 1.165) is 40.9 Å². The molecule has 1 aliphatic rings. The number of aliphatic hydroxyl groups excluding tert-OH is 1. The van der Waals surface area contributed by atoms with Crippen LogP contribution in [-0.2, 0) is 38.9 Å². The molecule has 1 N–H and O–H groups in total. The Kier molecular flexibility index (Phi) is 7.56. The predicted octanol–water partition coefficient (Wildman–Crippen LogP) is 2.58. The normalized spacial score (nSPS) is 14.8. The SMILES string of the molecule is CCOC(=O)Cn1c(C)c(Cc2ccccc2S(=O)(=O)N2CCCC2)c(C)c1CCO. The van der Waals surface area contributed by atoms with Crippen LogP contribution in [0.2, 0.25) is 0 Å². The Morgan fingerprint density at radius 1 is 1.16 bits per heavy atom. The highest BCUT2D eigenvalue weighted by molar-refractivity contribution is 7.89. The van der Waals surface area contributed by atoms with E-state index in [-0.39, 0.29) is 19.1 Å². The van der Waals surface area contributed by atoms with Crippen molar-refractivity contribution in [1.82, 2.24) is 8.87 Å². The van der Waals surface area contributed by atoms with Gasteiger partial charge in [0.25, 0.3) is 0 Å². The zero-order valence-electron chi connectivity index (χ0n) is 18.6. The van der Waals surface area contributed by atoms with Gasteiger partial charge in [-0.2, -0.15) is 4.31 Å². The first-order valence-electron chi connectivity index (χ1n) is 10.8. The smallest absolute Gasteiger partial charge is 0.325 e. The van der Waals surface area contributed by atoms with Gasteiger partial charge in [-0.15, -0.1) is 0 Å². The fourth-order valence-corrected chi connectivity index (χ4v) is 6.15. The highest BCUT2D eigenvalue weighted by Crippen LogP contribution is 2.30. The molecule has 1 aliphatic heterocycles. The number of nitrogens with zero attached hydrogens (tertiary/aromatic N) is 2. The molecule has 0 bridgehead atoms. The second kappa shape index (κ2) is 9.97. The molecule has 170 valence electrons. The van der Waals surface area contributed by atoms with E-state index in [1.165, 1.54) is 0 Å². The van der Waals surface area contributed by atoms with Gasteiger partial charge in [-0.25, -0.2) is 8.42 Å². The lowest BCUT2D eigenvalue weighted by molar-refractivity contribution is -0.143. The molecule has 1 aromatic heterocycles. The first-order valence-corrected chi connectivity index (χ1v) is 12.3. The second-order valence-corrected chi connectivity index (χ2v) is 9.80. The van der Waals surface area contributed by atoms with E-state index < -0.39 is 10.0 Å². The number of rotatable bonds is 9. The second-order valence-electron chi connectivity index (χ2n) is 7.90. The third kappa shape index (κ3) is 4.86. The molecule has 0 spiro atoms. The summed E-state index contributed by atoms with van der Waals surface area (Å²) >= 11 is 0. The molecular weight excluding hydrogens is 416 g/mol. The molecule has 2 heterocycles. The molecule has 0 amide bonds. The summed E-state index contributed by atoms with van der Waals surface area (Å²) in [6.07, 6.45) is 2.64. The van der Waals surface area contributed by atoms with Crippen LogP contribution in [-0.4, -0.2) is 54.7 Å². The van der Waals surface area contributed by atoms with E-state index >= 15 is 0 Å². The van der Waals surface area contributed by atoms with Gasteiger partial charge in [0.15, 0.2) is 0 Å². The average Bonchev–Trinajstić information content (AvgIpc) is 3.35. The molecule has 0 unspecified atom stereocenters. The summed E-state index contributed by atoms with van der Waals surface area (Å²) < 4.78 is 35.0. The summed E-state index contributed by atoms with van der Waals surface area (Å²) in [6.45, 7) is 7.13. The first-order chi connectivity index (χ1) is 14.8. The van der Waals surface area contributed by atoms with E-state index in [1.807, 2.05) is 30.5 Å². The molecular formula is C23H32N2O5S. The van der Waals surface area contributed by atoms with Crippen LogP contribution >= 0.6 is 0 Å². The number of ether oxygens (including phenoxy) is 1. The van der Waals surface area contributed by atoms with Gasteiger partial charge in [0.1, 0.15) is 6.54 Å². The van der Waals surface area contributed by atoms with Crippen molar-refractivity contribution in [2.75, 3.05) is 26.3 Å². The number of carbonyl (C=O) groups is 1. The highest BCUT2D eigenvalue weighted by atomic mass is 32.2. The Morgan fingerprint density at radius 3 is 2.48 bits per heavy atom. The molecule has 1 fully saturated rings. The molecule has 7 nitrogen and oxygen atoms in total. The highest BCUT2D eigenvalue weighted by Gasteiger charge is 2.29. The fraction of sp³-hybridized carbons (Fsp3) is 0.522. The van der Waals surface area contributed by atoms with E-state index in [4.69, 9.17) is 4.74 Å². The molecule has 0 radical (unpaired) electrons. The van der Waals surface area contributed by atoms with Gasteiger partial charge < -0.3 is 14.4 Å². The maximum Gasteiger partial charge on any atom is 0.325 e. The van der Waals surface area contributed by atoms with Crippen LogP contribution in [0.1, 0.15) is 47.8 Å². The van der Waals surface area contributed by atoms with Crippen LogP contribution in [0.15, 0.2) is 29.2 Å². The molecule has 2 aromatic rings.